The first-order valence-electron chi connectivity index (χ1n) is 7.74. The van der Waals surface area contributed by atoms with Crippen LogP contribution in [0.3, 0.4) is 0 Å². The molecule has 0 spiro atoms. The molecular weight excluding hydrogens is 244 g/mol. The zero-order valence-electron chi connectivity index (χ0n) is 13.0. The summed E-state index contributed by atoms with van der Waals surface area (Å²) in [7, 11) is -2.65. The lowest BCUT2D eigenvalue weighted by atomic mass is 9.92. The van der Waals surface area contributed by atoms with Crippen molar-refractivity contribution >= 4 is 8.80 Å². The van der Waals surface area contributed by atoms with Gasteiger partial charge >= 0.3 is 8.80 Å². The van der Waals surface area contributed by atoms with Gasteiger partial charge in [0.05, 0.1) is 0 Å². The van der Waals surface area contributed by atoms with Gasteiger partial charge in [-0.3, -0.25) is 0 Å². The second-order valence-electron chi connectivity index (χ2n) is 4.47. The van der Waals surface area contributed by atoms with Gasteiger partial charge in [-0.05, 0) is 52.3 Å². The van der Waals surface area contributed by atoms with Gasteiger partial charge in [0.2, 0.25) is 0 Å². The van der Waals surface area contributed by atoms with Crippen LogP contribution in [0.1, 0.15) is 47.8 Å². The quantitative estimate of drug-likeness (QED) is 0.472. The molecule has 0 aromatic heterocycles. The molecule has 18 heavy (non-hydrogen) atoms. The molecule has 1 rings (SSSR count). The summed E-state index contributed by atoms with van der Waals surface area (Å²) in [5.41, 5.74) is 0. The van der Waals surface area contributed by atoms with Gasteiger partial charge in [-0.2, -0.15) is 0 Å². The van der Waals surface area contributed by atoms with Crippen molar-refractivity contribution < 1.29 is 14.6 Å². The number of hydrogen-bond donors (Lipinski definition) is 0. The maximum Gasteiger partial charge on any atom is 0.500 e. The average molecular weight is 273 g/mol. The van der Waals surface area contributed by atoms with E-state index in [-0.39, 0.29) is 6.40 Å². The van der Waals surface area contributed by atoms with Crippen molar-refractivity contribution in [2.45, 2.75) is 52.5 Å². The lowest BCUT2D eigenvalue weighted by Gasteiger charge is -2.30. The highest BCUT2D eigenvalue weighted by atomic mass is 28.4. The molecule has 0 heterocycles. The highest BCUT2D eigenvalue weighted by molar-refractivity contribution is 6.60. The second-order valence-corrected chi connectivity index (χ2v) is 7.11. The Balaban J connectivity index is 2.65. The van der Waals surface area contributed by atoms with E-state index in [0.717, 1.165) is 19.3 Å². The van der Waals surface area contributed by atoms with Crippen LogP contribution in [0.4, 0.5) is 0 Å². The monoisotopic (exact) mass is 273 g/mol. The zero-order valence-corrected chi connectivity index (χ0v) is 13.0. The van der Waals surface area contributed by atoms with Crippen LogP contribution in [0, 0.1) is 5.92 Å². The first-order valence-corrected chi connectivity index (χ1v) is 9.09. The van der Waals surface area contributed by atoms with Crippen molar-refractivity contribution in [2.75, 3.05) is 19.8 Å². The summed E-state index contributed by atoms with van der Waals surface area (Å²) in [5, 5.41) is 0. The van der Waals surface area contributed by atoms with Crippen LogP contribution >= 0.6 is 0 Å². The molecule has 4 heteroatoms. The first kappa shape index (κ1) is 14.3. The molecular formula is C14H28O3Si. The maximum atomic E-state index is 8.42. The molecule has 2 unspecified atom stereocenters. The van der Waals surface area contributed by atoms with Crippen LogP contribution in [0.5, 0.6) is 0 Å². The molecule has 2 atom stereocenters. The molecule has 1 aliphatic rings. The fourth-order valence-electron chi connectivity index (χ4n) is 2.30. The third-order valence-electron chi connectivity index (χ3n) is 3.10. The Kier molecular flexibility index (Phi) is 7.01. The lowest BCUT2D eigenvalue weighted by molar-refractivity contribution is 0.0694. The van der Waals surface area contributed by atoms with Gasteiger partial charge < -0.3 is 13.3 Å². The Morgan fingerprint density at radius 2 is 1.72 bits per heavy atom. The zero-order chi connectivity index (χ0) is 14.1. The highest BCUT2D eigenvalue weighted by Crippen LogP contribution is 2.27. The minimum absolute atomic E-state index is 0.152. The van der Waals surface area contributed by atoms with E-state index < -0.39 is 8.80 Å². The Hall–Kier alpha value is -0.163. The molecule has 106 valence electrons. The number of allylic oxidation sites excluding steroid dienone is 2. The van der Waals surface area contributed by atoms with E-state index in [9.17, 15) is 0 Å². The van der Waals surface area contributed by atoms with Crippen LogP contribution in [-0.2, 0) is 13.3 Å². The van der Waals surface area contributed by atoms with Gasteiger partial charge in [-0.15, -0.1) is 0 Å². The molecule has 0 N–H and O–H groups in total. The standard InChI is InChI=1S/C14H28O3Si/c1-4-15-18(16-5-2,17-6-3)13-12-14-10-8-7-9-11-14/h7-8,14H,4-6,9-13H2,1-3H3/i12D. The molecule has 0 aliphatic heterocycles. The second kappa shape index (κ2) is 8.86. The van der Waals surface area contributed by atoms with Crippen molar-refractivity contribution in [3.63, 3.8) is 0 Å². The van der Waals surface area contributed by atoms with Crippen molar-refractivity contribution in [1.82, 2.24) is 0 Å². The molecule has 0 aromatic carbocycles. The van der Waals surface area contributed by atoms with Gasteiger partial charge in [0.25, 0.3) is 0 Å². The van der Waals surface area contributed by atoms with Gasteiger partial charge in [0.1, 0.15) is 0 Å². The molecule has 3 nitrogen and oxygen atoms in total. The first-order chi connectivity index (χ1) is 9.17. The largest absolute Gasteiger partial charge is 0.500 e. The predicted octanol–water partition coefficient (Wildman–Crippen LogP) is 3.78. The Morgan fingerprint density at radius 1 is 1.11 bits per heavy atom. The number of rotatable bonds is 9. The van der Waals surface area contributed by atoms with Crippen LogP contribution < -0.4 is 0 Å². The SMILES string of the molecule is [2H]C(C[Si](OCC)(OCC)OCC)C1CC=CCC1. The van der Waals surface area contributed by atoms with Crippen LogP contribution in [0.15, 0.2) is 12.2 Å². The summed E-state index contributed by atoms with van der Waals surface area (Å²) in [4.78, 5) is 0. The highest BCUT2D eigenvalue weighted by Gasteiger charge is 2.40. The summed E-state index contributed by atoms with van der Waals surface area (Å²) in [5.74, 6) is 0.415. The van der Waals surface area contributed by atoms with Gasteiger partial charge in [-0.25, -0.2) is 0 Å². The molecule has 0 saturated heterocycles. The molecule has 0 amide bonds. The molecule has 0 bridgehead atoms. The van der Waals surface area contributed by atoms with Gasteiger partial charge in [-0.1, -0.05) is 12.2 Å². The lowest BCUT2D eigenvalue weighted by Crippen LogP contribution is -2.46. The van der Waals surface area contributed by atoms with Gasteiger partial charge in [0, 0.05) is 27.2 Å². The van der Waals surface area contributed by atoms with Crippen molar-refractivity contribution in [1.29, 1.82) is 0 Å². The van der Waals surface area contributed by atoms with Crippen molar-refractivity contribution in [3.8, 4) is 0 Å². The fraction of sp³-hybridized carbons (Fsp3) is 0.857. The summed E-state index contributed by atoms with van der Waals surface area (Å²) in [6.45, 7) is 7.64. The van der Waals surface area contributed by atoms with Crippen LogP contribution in [0.2, 0.25) is 6.04 Å². The Morgan fingerprint density at radius 3 is 2.17 bits per heavy atom. The summed E-state index contributed by atoms with van der Waals surface area (Å²) in [6.07, 6.45) is 7.44. The van der Waals surface area contributed by atoms with Crippen LogP contribution in [-0.4, -0.2) is 28.6 Å². The van der Waals surface area contributed by atoms with E-state index in [0.29, 0.717) is 31.8 Å². The minimum Gasteiger partial charge on any atom is -0.374 e. The third kappa shape index (κ3) is 5.22. The molecule has 0 fully saturated rings. The molecule has 0 aromatic rings. The summed E-state index contributed by atoms with van der Waals surface area (Å²) < 4.78 is 25.9. The Bertz CT molecular complexity index is 256. The van der Waals surface area contributed by atoms with E-state index in [1.54, 1.807) is 0 Å². The normalized spacial score (nSPS) is 22.8. The summed E-state index contributed by atoms with van der Waals surface area (Å²) >= 11 is 0. The van der Waals surface area contributed by atoms with Crippen molar-refractivity contribution in [2.24, 2.45) is 5.92 Å². The minimum atomic E-state index is -2.65. The summed E-state index contributed by atoms with van der Waals surface area (Å²) in [6, 6.07) is 0.612. The van der Waals surface area contributed by atoms with E-state index in [1.165, 1.54) is 0 Å². The molecule has 0 radical (unpaired) electrons. The average Bonchev–Trinajstić information content (AvgIpc) is 2.40. The van der Waals surface area contributed by atoms with Crippen LogP contribution in [0.25, 0.3) is 0 Å². The van der Waals surface area contributed by atoms with E-state index >= 15 is 0 Å². The van der Waals surface area contributed by atoms with E-state index in [4.69, 9.17) is 14.6 Å². The molecule has 0 saturated carbocycles. The molecule has 1 aliphatic carbocycles. The third-order valence-corrected chi connectivity index (χ3v) is 6.02. The van der Waals surface area contributed by atoms with Gasteiger partial charge in [0.15, 0.2) is 0 Å². The topological polar surface area (TPSA) is 27.7 Å². The maximum absolute atomic E-state index is 8.42. The smallest absolute Gasteiger partial charge is 0.374 e. The van der Waals surface area contributed by atoms with Crippen molar-refractivity contribution in [3.05, 3.63) is 12.2 Å². The van der Waals surface area contributed by atoms with E-state index in [1.807, 2.05) is 20.8 Å². The van der Waals surface area contributed by atoms with E-state index in [2.05, 4.69) is 12.2 Å². The fourth-order valence-corrected chi connectivity index (χ4v) is 4.85. The number of hydrogen-bond acceptors (Lipinski definition) is 3. The predicted molar refractivity (Wildman–Crippen MR) is 76.5 cm³/mol. The Labute approximate surface area is 114 Å².